The maximum absolute atomic E-state index is 12.9. The van der Waals surface area contributed by atoms with Crippen LogP contribution in [0.15, 0.2) is 35.2 Å². The number of alkyl halides is 3. The van der Waals surface area contributed by atoms with Crippen molar-refractivity contribution in [3.63, 3.8) is 0 Å². The Hall–Kier alpha value is -2.26. The van der Waals surface area contributed by atoms with Gasteiger partial charge < -0.3 is 10.4 Å². The third-order valence-corrected chi connectivity index (χ3v) is 7.65. The van der Waals surface area contributed by atoms with Gasteiger partial charge in [0.2, 0.25) is 0 Å². The van der Waals surface area contributed by atoms with Gasteiger partial charge in [-0.2, -0.15) is 13.2 Å². The van der Waals surface area contributed by atoms with Gasteiger partial charge in [-0.3, -0.25) is 4.79 Å². The van der Waals surface area contributed by atoms with E-state index in [1.165, 1.54) is 6.07 Å². The number of carbonyl (C=O) groups is 1. The van der Waals surface area contributed by atoms with Gasteiger partial charge in [-0.25, -0.2) is 8.42 Å². The molecule has 0 atom stereocenters. The first-order valence-corrected chi connectivity index (χ1v) is 11.4. The quantitative estimate of drug-likeness (QED) is 0.531. The highest BCUT2D eigenvalue weighted by atomic mass is 35.5. The van der Waals surface area contributed by atoms with Crippen LogP contribution in [0.4, 0.5) is 18.9 Å². The number of nitrogens with one attached hydrogen (secondary N) is 1. The number of carbonyl (C=O) groups excluding carboxylic acids is 1. The summed E-state index contributed by atoms with van der Waals surface area (Å²) >= 11 is 5.94. The van der Waals surface area contributed by atoms with Gasteiger partial charge in [-0.05, 0) is 47.6 Å². The molecule has 0 aliphatic heterocycles. The van der Waals surface area contributed by atoms with Crippen LogP contribution in [0.1, 0.15) is 56.1 Å². The standard InChI is InChI=1S/C22H25ClF3NO4S/c1-12-9-14(18(28)15(10-12)21(5,6)20(2,3)4)19(29)27-17-8-7-13(11-16(17)23)32(30,31)22(24,25)26/h7-11,28H,1-6H3,(H,27,29). The Morgan fingerprint density at radius 2 is 1.59 bits per heavy atom. The molecule has 5 nitrogen and oxygen atoms in total. The molecule has 2 aromatic rings. The van der Waals surface area contributed by atoms with Crippen LogP contribution in [0.25, 0.3) is 0 Å². The van der Waals surface area contributed by atoms with E-state index in [9.17, 15) is 31.5 Å². The number of aryl methyl sites for hydroxylation is 1. The van der Waals surface area contributed by atoms with Crippen molar-refractivity contribution < 1.29 is 31.5 Å². The minimum absolute atomic E-state index is 0.0413. The molecule has 2 rings (SSSR count). The second-order valence-electron chi connectivity index (χ2n) is 9.13. The van der Waals surface area contributed by atoms with Crippen LogP contribution in [0.2, 0.25) is 5.02 Å². The van der Waals surface area contributed by atoms with E-state index in [1.807, 2.05) is 34.6 Å². The molecule has 0 saturated carbocycles. The van der Waals surface area contributed by atoms with E-state index >= 15 is 0 Å². The number of sulfone groups is 1. The molecule has 0 radical (unpaired) electrons. The number of halogens is 4. The number of hydrogen-bond acceptors (Lipinski definition) is 4. The SMILES string of the molecule is Cc1cc(C(=O)Nc2ccc(S(=O)(=O)C(F)(F)F)cc2Cl)c(O)c(C(C)(C)C(C)(C)C)c1. The summed E-state index contributed by atoms with van der Waals surface area (Å²) in [7, 11) is -5.58. The molecular weight excluding hydrogens is 467 g/mol. The van der Waals surface area contributed by atoms with Gasteiger partial charge in [0, 0.05) is 5.56 Å². The Morgan fingerprint density at radius 1 is 1.03 bits per heavy atom. The van der Waals surface area contributed by atoms with Crippen molar-refractivity contribution in [3.05, 3.63) is 52.0 Å². The molecule has 0 heterocycles. The summed E-state index contributed by atoms with van der Waals surface area (Å²) in [4.78, 5) is 11.8. The summed E-state index contributed by atoms with van der Waals surface area (Å²) in [5.74, 6) is -0.967. The van der Waals surface area contributed by atoms with Crippen molar-refractivity contribution >= 4 is 33.0 Å². The molecule has 2 N–H and O–H groups in total. The lowest BCUT2D eigenvalue weighted by molar-refractivity contribution is -0.0436. The predicted octanol–water partition coefficient (Wildman–Crippen LogP) is 6.22. The largest absolute Gasteiger partial charge is 0.507 e. The minimum Gasteiger partial charge on any atom is -0.507 e. The van der Waals surface area contributed by atoms with Gasteiger partial charge in [0.15, 0.2) is 0 Å². The average Bonchev–Trinajstić information content (AvgIpc) is 2.62. The first-order valence-electron chi connectivity index (χ1n) is 9.57. The van der Waals surface area contributed by atoms with Gasteiger partial charge in [-0.15, -0.1) is 0 Å². The number of rotatable bonds is 4. The van der Waals surface area contributed by atoms with Crippen molar-refractivity contribution in [2.45, 2.75) is 57.4 Å². The van der Waals surface area contributed by atoms with E-state index in [-0.39, 0.29) is 22.4 Å². The highest BCUT2D eigenvalue weighted by Crippen LogP contribution is 2.45. The molecule has 0 aliphatic carbocycles. The molecule has 10 heteroatoms. The van der Waals surface area contributed by atoms with E-state index in [0.717, 1.165) is 11.6 Å². The maximum atomic E-state index is 12.9. The number of aromatic hydroxyl groups is 1. The van der Waals surface area contributed by atoms with Gasteiger partial charge in [0.1, 0.15) is 5.75 Å². The minimum atomic E-state index is -5.58. The molecule has 176 valence electrons. The lowest BCUT2D eigenvalue weighted by Gasteiger charge is -2.40. The van der Waals surface area contributed by atoms with Crippen LogP contribution in [0, 0.1) is 12.3 Å². The third kappa shape index (κ3) is 4.73. The summed E-state index contributed by atoms with van der Waals surface area (Å²) < 4.78 is 61.4. The number of amides is 1. The number of phenols is 1. The Kier molecular flexibility index (Phi) is 6.71. The molecule has 0 unspecified atom stereocenters. The van der Waals surface area contributed by atoms with Gasteiger partial charge in [0.25, 0.3) is 15.7 Å². The van der Waals surface area contributed by atoms with Crippen molar-refractivity contribution in [2.75, 3.05) is 5.32 Å². The first-order chi connectivity index (χ1) is 14.3. The second kappa shape index (κ2) is 8.26. The summed E-state index contributed by atoms with van der Waals surface area (Å²) in [5, 5.41) is 12.9. The van der Waals surface area contributed by atoms with Crippen LogP contribution < -0.4 is 5.32 Å². The zero-order valence-electron chi connectivity index (χ0n) is 18.5. The van der Waals surface area contributed by atoms with E-state index in [0.29, 0.717) is 17.7 Å². The number of anilines is 1. The number of phenolic OH excluding ortho intramolecular Hbond substituents is 1. The zero-order chi connectivity index (χ0) is 24.9. The normalized spacial score (nSPS) is 13.2. The third-order valence-electron chi connectivity index (χ3n) is 5.85. The van der Waals surface area contributed by atoms with Crippen LogP contribution in [-0.4, -0.2) is 24.9 Å². The Balaban J connectivity index is 2.47. The molecule has 32 heavy (non-hydrogen) atoms. The zero-order valence-corrected chi connectivity index (χ0v) is 20.1. The summed E-state index contributed by atoms with van der Waals surface area (Å²) in [6.45, 7) is 11.7. The van der Waals surface area contributed by atoms with Crippen molar-refractivity contribution in [3.8, 4) is 5.75 Å². The molecule has 1 amide bonds. The smallest absolute Gasteiger partial charge is 0.501 e. The topological polar surface area (TPSA) is 83.5 Å². The van der Waals surface area contributed by atoms with Crippen molar-refractivity contribution in [1.29, 1.82) is 0 Å². The van der Waals surface area contributed by atoms with E-state index < -0.39 is 36.6 Å². The average molecular weight is 492 g/mol. The fourth-order valence-corrected chi connectivity index (χ4v) is 4.00. The number of benzene rings is 2. The van der Waals surface area contributed by atoms with E-state index in [1.54, 1.807) is 13.0 Å². The fraction of sp³-hybridized carbons (Fsp3) is 0.409. The molecular formula is C22H25ClF3NO4S. The fourth-order valence-electron chi connectivity index (χ4n) is 2.92. The molecule has 0 aliphatic rings. The second-order valence-corrected chi connectivity index (χ2v) is 11.5. The molecule has 0 saturated heterocycles. The van der Waals surface area contributed by atoms with Crippen LogP contribution >= 0.6 is 11.6 Å². The lowest BCUT2D eigenvalue weighted by Crippen LogP contribution is -2.34. The Morgan fingerprint density at radius 3 is 2.06 bits per heavy atom. The monoisotopic (exact) mass is 491 g/mol. The molecule has 0 bridgehead atoms. The lowest BCUT2D eigenvalue weighted by atomic mass is 9.64. The van der Waals surface area contributed by atoms with Gasteiger partial charge in [0.05, 0.1) is 21.2 Å². The van der Waals surface area contributed by atoms with Crippen molar-refractivity contribution in [1.82, 2.24) is 0 Å². The highest BCUT2D eigenvalue weighted by Gasteiger charge is 2.47. The van der Waals surface area contributed by atoms with E-state index in [4.69, 9.17) is 11.6 Å². The number of hydrogen-bond donors (Lipinski definition) is 2. The van der Waals surface area contributed by atoms with Crippen molar-refractivity contribution in [2.24, 2.45) is 5.41 Å². The predicted molar refractivity (Wildman–Crippen MR) is 118 cm³/mol. The van der Waals surface area contributed by atoms with E-state index in [2.05, 4.69) is 5.32 Å². The molecule has 2 aromatic carbocycles. The Labute approximate surface area is 190 Å². The Bertz CT molecular complexity index is 1170. The summed E-state index contributed by atoms with van der Waals surface area (Å²) in [6.07, 6.45) is 0. The van der Waals surface area contributed by atoms with Gasteiger partial charge >= 0.3 is 5.51 Å². The molecule has 0 spiro atoms. The van der Waals surface area contributed by atoms with Gasteiger partial charge in [-0.1, -0.05) is 52.3 Å². The molecule has 0 fully saturated rings. The maximum Gasteiger partial charge on any atom is 0.501 e. The van der Waals surface area contributed by atoms with Crippen LogP contribution in [0.5, 0.6) is 5.75 Å². The summed E-state index contributed by atoms with van der Waals surface area (Å²) in [5.41, 5.74) is -5.11. The van der Waals surface area contributed by atoms with Crippen LogP contribution in [0.3, 0.4) is 0 Å². The summed E-state index contributed by atoms with van der Waals surface area (Å²) in [6, 6.07) is 5.55. The van der Waals surface area contributed by atoms with Crippen LogP contribution in [-0.2, 0) is 15.3 Å². The molecule has 0 aromatic heterocycles. The first kappa shape index (κ1) is 26.0. The highest BCUT2D eigenvalue weighted by molar-refractivity contribution is 7.92.